The van der Waals surface area contributed by atoms with Gasteiger partial charge >= 0.3 is 0 Å². The highest BCUT2D eigenvalue weighted by atomic mass is 32.2. The highest BCUT2D eigenvalue weighted by molar-refractivity contribution is 8.01. The molecular weight excluding hydrogens is 194 g/mol. The van der Waals surface area contributed by atoms with Crippen LogP contribution in [0.1, 0.15) is 19.4 Å². The summed E-state index contributed by atoms with van der Waals surface area (Å²) in [4.78, 5) is 11.6. The van der Waals surface area contributed by atoms with Crippen LogP contribution >= 0.6 is 11.8 Å². The number of nitrogens with zero attached hydrogens (tertiary/aromatic N) is 1. The Balaban J connectivity index is 2.98. The fraction of sp³-hybridized carbons (Fsp3) is 0.273. The molecule has 1 aromatic rings. The number of rotatable bonds is 3. The van der Waals surface area contributed by atoms with E-state index in [0.29, 0.717) is 5.56 Å². The van der Waals surface area contributed by atoms with Gasteiger partial charge in [0.05, 0.1) is 10.3 Å². The van der Waals surface area contributed by atoms with E-state index in [0.717, 1.165) is 11.2 Å². The molecule has 0 spiro atoms. The van der Waals surface area contributed by atoms with Crippen molar-refractivity contribution in [1.82, 2.24) is 0 Å². The Bertz CT molecular complexity index is 379. The molecule has 0 amide bonds. The van der Waals surface area contributed by atoms with E-state index in [1.807, 2.05) is 32.0 Å². The third-order valence-electron chi connectivity index (χ3n) is 1.66. The minimum Gasteiger partial charge on any atom is -0.302 e. The van der Waals surface area contributed by atoms with Crippen LogP contribution in [0.25, 0.3) is 0 Å². The van der Waals surface area contributed by atoms with E-state index >= 15 is 0 Å². The molecule has 0 aliphatic heterocycles. The number of aldehydes is 1. The van der Waals surface area contributed by atoms with Crippen LogP contribution in [0.2, 0.25) is 0 Å². The first kappa shape index (κ1) is 10.8. The lowest BCUT2D eigenvalue weighted by Gasteiger charge is -2.16. The van der Waals surface area contributed by atoms with E-state index < -0.39 is 4.75 Å². The highest BCUT2D eigenvalue weighted by Crippen LogP contribution is 2.32. The van der Waals surface area contributed by atoms with Crippen molar-refractivity contribution in [1.29, 1.82) is 5.26 Å². The summed E-state index contributed by atoms with van der Waals surface area (Å²) in [6.45, 7) is 3.66. The quantitative estimate of drug-likeness (QED) is 0.562. The molecule has 72 valence electrons. The molecule has 0 aromatic heterocycles. The predicted molar refractivity (Wildman–Crippen MR) is 57.2 cm³/mol. The zero-order chi connectivity index (χ0) is 10.6. The van der Waals surface area contributed by atoms with Crippen LogP contribution < -0.4 is 0 Å². The van der Waals surface area contributed by atoms with Crippen LogP contribution in [0.4, 0.5) is 0 Å². The normalized spacial score (nSPS) is 10.6. The van der Waals surface area contributed by atoms with E-state index in [-0.39, 0.29) is 0 Å². The molecule has 0 aliphatic rings. The summed E-state index contributed by atoms with van der Waals surface area (Å²) in [7, 11) is 0. The van der Waals surface area contributed by atoms with Crippen LogP contribution in [-0.4, -0.2) is 11.0 Å². The van der Waals surface area contributed by atoms with Crippen molar-refractivity contribution in [2.24, 2.45) is 0 Å². The van der Waals surface area contributed by atoms with E-state index in [1.54, 1.807) is 6.07 Å². The minimum atomic E-state index is -0.479. The molecule has 0 N–H and O–H groups in total. The van der Waals surface area contributed by atoms with E-state index in [2.05, 4.69) is 6.07 Å². The number of thioether (sulfide) groups is 1. The lowest BCUT2D eigenvalue weighted by atomic mass is 10.2. The molecule has 0 saturated heterocycles. The number of carbonyl (C=O) groups is 1. The number of carbonyl (C=O) groups excluding carboxylic acids is 1. The first-order valence-electron chi connectivity index (χ1n) is 4.23. The van der Waals surface area contributed by atoms with E-state index in [4.69, 9.17) is 5.26 Å². The Hall–Kier alpha value is -1.27. The maximum Gasteiger partial charge on any atom is 0.135 e. The first-order valence-corrected chi connectivity index (χ1v) is 5.05. The van der Waals surface area contributed by atoms with Crippen LogP contribution in [0, 0.1) is 11.3 Å². The van der Waals surface area contributed by atoms with Gasteiger partial charge in [0.25, 0.3) is 0 Å². The van der Waals surface area contributed by atoms with Crippen molar-refractivity contribution >= 4 is 18.0 Å². The van der Waals surface area contributed by atoms with Gasteiger partial charge in [0, 0.05) is 4.90 Å². The van der Waals surface area contributed by atoms with Gasteiger partial charge in [-0.2, -0.15) is 5.26 Å². The molecule has 0 radical (unpaired) electrons. The summed E-state index contributed by atoms with van der Waals surface area (Å²) in [5, 5.41) is 8.84. The Morgan fingerprint density at radius 3 is 2.64 bits per heavy atom. The molecule has 0 atom stereocenters. The van der Waals surface area contributed by atoms with Crippen molar-refractivity contribution in [2.75, 3.05) is 0 Å². The molecule has 0 aliphatic carbocycles. The molecule has 3 heteroatoms. The molecule has 0 heterocycles. The largest absolute Gasteiger partial charge is 0.302 e. The van der Waals surface area contributed by atoms with Gasteiger partial charge in [0.2, 0.25) is 0 Å². The van der Waals surface area contributed by atoms with Crippen LogP contribution in [-0.2, 0) is 4.79 Å². The average molecular weight is 205 g/mol. The van der Waals surface area contributed by atoms with Crippen molar-refractivity contribution in [2.45, 2.75) is 23.5 Å². The summed E-state index contributed by atoms with van der Waals surface area (Å²) in [5.41, 5.74) is 0.618. The van der Waals surface area contributed by atoms with E-state index in [1.165, 1.54) is 11.8 Å². The van der Waals surface area contributed by atoms with Crippen molar-refractivity contribution in [3.05, 3.63) is 29.8 Å². The fourth-order valence-electron chi connectivity index (χ4n) is 0.955. The monoisotopic (exact) mass is 205 g/mol. The van der Waals surface area contributed by atoms with Gasteiger partial charge in [-0.05, 0) is 26.0 Å². The summed E-state index contributed by atoms with van der Waals surface area (Å²) in [6, 6.07) is 9.40. The summed E-state index contributed by atoms with van der Waals surface area (Å²) in [6.07, 6.45) is 0.895. The third kappa shape index (κ3) is 2.61. The smallest absolute Gasteiger partial charge is 0.135 e. The molecular formula is C11H11NOS. The SMILES string of the molecule is CC(C)(C=O)Sc1ccccc1C#N. The van der Waals surface area contributed by atoms with Gasteiger partial charge in [-0.25, -0.2) is 0 Å². The lowest BCUT2D eigenvalue weighted by molar-refractivity contribution is -0.109. The Morgan fingerprint density at radius 1 is 1.43 bits per heavy atom. The van der Waals surface area contributed by atoms with Gasteiger partial charge in [-0.1, -0.05) is 12.1 Å². The van der Waals surface area contributed by atoms with Crippen LogP contribution in [0.15, 0.2) is 29.2 Å². The Morgan fingerprint density at radius 2 is 2.07 bits per heavy atom. The Kier molecular flexibility index (Phi) is 3.32. The second-order valence-electron chi connectivity index (χ2n) is 3.43. The fourth-order valence-corrected chi connectivity index (χ4v) is 1.94. The average Bonchev–Trinajstić information content (AvgIpc) is 2.18. The Labute approximate surface area is 87.9 Å². The summed E-state index contributed by atoms with van der Waals surface area (Å²) in [5.74, 6) is 0. The number of hydrogen-bond donors (Lipinski definition) is 0. The van der Waals surface area contributed by atoms with Crippen molar-refractivity contribution in [3.8, 4) is 6.07 Å². The van der Waals surface area contributed by atoms with Gasteiger partial charge in [0.15, 0.2) is 0 Å². The zero-order valence-corrected chi connectivity index (χ0v) is 8.97. The molecule has 1 aromatic carbocycles. The number of hydrogen-bond acceptors (Lipinski definition) is 3. The first-order chi connectivity index (χ1) is 6.59. The lowest BCUT2D eigenvalue weighted by Crippen LogP contribution is -2.15. The second-order valence-corrected chi connectivity index (χ2v) is 5.13. The summed E-state index contributed by atoms with van der Waals surface area (Å²) < 4.78 is -0.479. The topological polar surface area (TPSA) is 40.9 Å². The van der Waals surface area contributed by atoms with Crippen LogP contribution in [0.5, 0.6) is 0 Å². The van der Waals surface area contributed by atoms with Gasteiger partial charge in [-0.15, -0.1) is 11.8 Å². The van der Waals surface area contributed by atoms with Gasteiger partial charge in [-0.3, -0.25) is 0 Å². The molecule has 0 unspecified atom stereocenters. The third-order valence-corrected chi connectivity index (χ3v) is 2.86. The maximum atomic E-state index is 10.7. The van der Waals surface area contributed by atoms with Crippen LogP contribution in [0.3, 0.4) is 0 Å². The molecule has 0 saturated carbocycles. The zero-order valence-electron chi connectivity index (χ0n) is 8.15. The van der Waals surface area contributed by atoms with Gasteiger partial charge in [0.1, 0.15) is 12.4 Å². The molecule has 1 rings (SSSR count). The van der Waals surface area contributed by atoms with Crippen molar-refractivity contribution < 1.29 is 4.79 Å². The molecule has 0 fully saturated rings. The maximum absolute atomic E-state index is 10.7. The summed E-state index contributed by atoms with van der Waals surface area (Å²) >= 11 is 1.41. The standard InChI is InChI=1S/C11H11NOS/c1-11(2,8-13)14-10-6-4-3-5-9(10)7-12/h3-6,8H,1-2H3. The van der Waals surface area contributed by atoms with E-state index in [9.17, 15) is 4.79 Å². The molecule has 14 heavy (non-hydrogen) atoms. The molecule has 2 nitrogen and oxygen atoms in total. The van der Waals surface area contributed by atoms with Gasteiger partial charge < -0.3 is 4.79 Å². The highest BCUT2D eigenvalue weighted by Gasteiger charge is 2.19. The predicted octanol–water partition coefficient (Wildman–Crippen LogP) is 2.63. The second kappa shape index (κ2) is 4.30. The minimum absolute atomic E-state index is 0.479. The molecule has 0 bridgehead atoms. The number of nitriles is 1. The number of benzene rings is 1. The van der Waals surface area contributed by atoms with Crippen molar-refractivity contribution in [3.63, 3.8) is 0 Å².